The Morgan fingerprint density at radius 1 is 1.12 bits per heavy atom. The van der Waals surface area contributed by atoms with Gasteiger partial charge in [-0.3, -0.25) is 4.74 Å². The molecule has 0 spiro atoms. The average molecular weight is 383 g/mol. The number of halogens is 4. The van der Waals surface area contributed by atoms with Gasteiger partial charge >= 0.3 is 6.36 Å². The number of alkyl halides is 4. The van der Waals surface area contributed by atoms with E-state index in [2.05, 4.69) is 27.6 Å². The van der Waals surface area contributed by atoms with E-state index in [-0.39, 0.29) is 24.0 Å². The zero-order chi connectivity index (χ0) is 19.3. The van der Waals surface area contributed by atoms with Crippen molar-refractivity contribution in [3.63, 3.8) is 0 Å². The van der Waals surface area contributed by atoms with Crippen molar-refractivity contribution in [2.24, 2.45) is 17.8 Å². The maximum atomic E-state index is 15.0. The molecule has 1 saturated carbocycles. The van der Waals surface area contributed by atoms with Gasteiger partial charge in [-0.25, -0.2) is 4.39 Å². The van der Waals surface area contributed by atoms with Gasteiger partial charge in [0.1, 0.15) is 6.17 Å². The second kappa shape index (κ2) is 9.66. The number of nitrogens with one attached hydrogen (secondary N) is 3. The number of hydrogen-bond acceptors (Lipinski definition) is 4. The molecule has 2 fully saturated rings. The van der Waals surface area contributed by atoms with Crippen LogP contribution in [0.1, 0.15) is 46.0 Å². The first-order valence-corrected chi connectivity index (χ1v) is 9.72. The Hall–Kier alpha value is -0.440. The summed E-state index contributed by atoms with van der Waals surface area (Å²) in [6.07, 6.45) is -4.11. The van der Waals surface area contributed by atoms with E-state index < -0.39 is 18.6 Å². The first kappa shape index (κ1) is 21.9. The first-order valence-electron chi connectivity index (χ1n) is 9.72. The van der Waals surface area contributed by atoms with Crippen LogP contribution < -0.4 is 16.0 Å². The Bertz CT molecular complexity index is 408. The zero-order valence-corrected chi connectivity index (χ0v) is 15.9. The van der Waals surface area contributed by atoms with Crippen LogP contribution in [0.5, 0.6) is 0 Å². The third-order valence-electron chi connectivity index (χ3n) is 5.79. The molecular formula is C18H33F4N3O. The van der Waals surface area contributed by atoms with Crippen LogP contribution in [0.3, 0.4) is 0 Å². The monoisotopic (exact) mass is 383 g/mol. The fourth-order valence-electron chi connectivity index (χ4n) is 4.31. The van der Waals surface area contributed by atoms with Gasteiger partial charge in [0.05, 0.1) is 12.3 Å². The molecule has 0 radical (unpaired) electrons. The fraction of sp³-hybridized carbons (Fsp3) is 1.00. The van der Waals surface area contributed by atoms with E-state index in [9.17, 15) is 17.6 Å². The van der Waals surface area contributed by atoms with Crippen LogP contribution in [0.4, 0.5) is 17.6 Å². The van der Waals surface area contributed by atoms with Crippen LogP contribution >= 0.6 is 0 Å². The molecule has 154 valence electrons. The maximum absolute atomic E-state index is 15.0. The standard InChI is InChI=1S/C18H33F4N3O/c1-11-9-24-17(25-10-11)12(2)8-15(19)16(23-3)13-4-6-14(7-5-13)26-18(20,21)22/h11-17,23-25H,4-10H2,1-3H3. The molecule has 1 heterocycles. The molecule has 1 saturated heterocycles. The van der Waals surface area contributed by atoms with Crippen LogP contribution in [0.15, 0.2) is 0 Å². The summed E-state index contributed by atoms with van der Waals surface area (Å²) in [5, 5.41) is 9.90. The second-order valence-corrected chi connectivity index (χ2v) is 8.04. The van der Waals surface area contributed by atoms with E-state index in [4.69, 9.17) is 0 Å². The summed E-state index contributed by atoms with van der Waals surface area (Å²) in [5.74, 6) is 0.750. The summed E-state index contributed by atoms with van der Waals surface area (Å²) in [5.41, 5.74) is 0. The van der Waals surface area contributed by atoms with Crippen molar-refractivity contribution in [3.8, 4) is 0 Å². The molecule has 1 aliphatic heterocycles. The lowest BCUT2D eigenvalue weighted by molar-refractivity contribution is -0.345. The van der Waals surface area contributed by atoms with Gasteiger partial charge in [-0.05, 0) is 56.9 Å². The smallest absolute Gasteiger partial charge is 0.314 e. The molecule has 2 rings (SSSR count). The summed E-state index contributed by atoms with van der Waals surface area (Å²) in [6.45, 7) is 6.05. The molecule has 1 aliphatic carbocycles. The van der Waals surface area contributed by atoms with Gasteiger partial charge in [0.15, 0.2) is 0 Å². The highest BCUT2D eigenvalue weighted by molar-refractivity contribution is 4.89. The van der Waals surface area contributed by atoms with E-state index in [1.807, 2.05) is 6.92 Å². The molecule has 26 heavy (non-hydrogen) atoms. The quantitative estimate of drug-likeness (QED) is 0.591. The van der Waals surface area contributed by atoms with Crippen LogP contribution in [0, 0.1) is 17.8 Å². The minimum Gasteiger partial charge on any atom is -0.314 e. The Balaban J connectivity index is 1.80. The van der Waals surface area contributed by atoms with E-state index in [0.29, 0.717) is 38.0 Å². The summed E-state index contributed by atoms with van der Waals surface area (Å²) in [4.78, 5) is 0. The minimum absolute atomic E-state index is 0.0441. The van der Waals surface area contributed by atoms with Crippen molar-refractivity contribution in [2.75, 3.05) is 20.1 Å². The van der Waals surface area contributed by atoms with Crippen LogP contribution in [0.25, 0.3) is 0 Å². The molecule has 3 unspecified atom stereocenters. The first-order chi connectivity index (χ1) is 12.2. The Kier molecular flexibility index (Phi) is 8.12. The van der Waals surface area contributed by atoms with Crippen molar-refractivity contribution < 1.29 is 22.3 Å². The van der Waals surface area contributed by atoms with Gasteiger partial charge < -0.3 is 16.0 Å². The van der Waals surface area contributed by atoms with Crippen LogP contribution in [-0.2, 0) is 4.74 Å². The van der Waals surface area contributed by atoms with Gasteiger partial charge in [0, 0.05) is 19.1 Å². The van der Waals surface area contributed by atoms with E-state index in [1.54, 1.807) is 7.05 Å². The largest absolute Gasteiger partial charge is 0.522 e. The van der Waals surface area contributed by atoms with E-state index in [0.717, 1.165) is 13.1 Å². The van der Waals surface area contributed by atoms with Crippen LogP contribution in [-0.4, -0.2) is 51.0 Å². The molecule has 3 atom stereocenters. The molecule has 2 aliphatic rings. The molecule has 0 aromatic rings. The summed E-state index contributed by atoms with van der Waals surface area (Å²) in [6, 6.07) is -0.327. The topological polar surface area (TPSA) is 45.3 Å². The third-order valence-corrected chi connectivity index (χ3v) is 5.79. The highest BCUT2D eigenvalue weighted by Gasteiger charge is 2.38. The SMILES string of the molecule is CNC(C(F)CC(C)C1NCC(C)CN1)C1CCC(OC(F)(F)F)CC1. The molecule has 0 amide bonds. The number of rotatable bonds is 7. The summed E-state index contributed by atoms with van der Waals surface area (Å²) < 4.78 is 56.1. The van der Waals surface area contributed by atoms with E-state index in [1.165, 1.54) is 0 Å². The Morgan fingerprint density at radius 3 is 2.19 bits per heavy atom. The van der Waals surface area contributed by atoms with Crippen molar-refractivity contribution >= 4 is 0 Å². The van der Waals surface area contributed by atoms with Gasteiger partial charge in [-0.2, -0.15) is 0 Å². The molecule has 8 heteroatoms. The minimum atomic E-state index is -4.59. The normalized spacial score (nSPS) is 34.3. The number of hydrogen-bond donors (Lipinski definition) is 3. The summed E-state index contributed by atoms with van der Waals surface area (Å²) >= 11 is 0. The molecule has 4 nitrogen and oxygen atoms in total. The average Bonchev–Trinajstić information content (AvgIpc) is 2.56. The lowest BCUT2D eigenvalue weighted by atomic mass is 9.79. The Morgan fingerprint density at radius 2 is 1.69 bits per heavy atom. The van der Waals surface area contributed by atoms with Crippen molar-refractivity contribution in [3.05, 3.63) is 0 Å². The number of ether oxygens (including phenoxy) is 1. The second-order valence-electron chi connectivity index (χ2n) is 8.04. The highest BCUT2D eigenvalue weighted by atomic mass is 19.4. The Labute approximate surface area is 153 Å². The lowest BCUT2D eigenvalue weighted by Crippen LogP contribution is -2.56. The van der Waals surface area contributed by atoms with Gasteiger partial charge in [-0.1, -0.05) is 13.8 Å². The van der Waals surface area contributed by atoms with Crippen molar-refractivity contribution in [1.82, 2.24) is 16.0 Å². The molecule has 0 bridgehead atoms. The molecule has 0 aromatic carbocycles. The highest BCUT2D eigenvalue weighted by Crippen LogP contribution is 2.34. The van der Waals surface area contributed by atoms with Crippen molar-refractivity contribution in [1.29, 1.82) is 0 Å². The molecule has 3 N–H and O–H groups in total. The predicted molar refractivity (Wildman–Crippen MR) is 93.4 cm³/mol. The summed E-state index contributed by atoms with van der Waals surface area (Å²) in [7, 11) is 1.74. The molecule has 0 aromatic heterocycles. The zero-order valence-electron chi connectivity index (χ0n) is 15.9. The van der Waals surface area contributed by atoms with Gasteiger partial charge in [-0.15, -0.1) is 13.2 Å². The third kappa shape index (κ3) is 6.62. The van der Waals surface area contributed by atoms with Crippen molar-refractivity contribution in [2.45, 2.75) is 76.8 Å². The van der Waals surface area contributed by atoms with Gasteiger partial charge in [0.25, 0.3) is 0 Å². The lowest BCUT2D eigenvalue weighted by Gasteiger charge is -2.38. The van der Waals surface area contributed by atoms with Crippen LogP contribution in [0.2, 0.25) is 0 Å². The van der Waals surface area contributed by atoms with Gasteiger partial charge in [0.2, 0.25) is 0 Å². The van der Waals surface area contributed by atoms with E-state index >= 15 is 0 Å². The fourth-order valence-corrected chi connectivity index (χ4v) is 4.31. The maximum Gasteiger partial charge on any atom is 0.522 e. The molecular weight excluding hydrogens is 350 g/mol. The predicted octanol–water partition coefficient (Wildman–Crippen LogP) is 3.19.